The summed E-state index contributed by atoms with van der Waals surface area (Å²) in [5.74, 6) is -1.08. The zero-order valence-corrected chi connectivity index (χ0v) is 12.5. The fourth-order valence-electron chi connectivity index (χ4n) is 2.54. The van der Waals surface area contributed by atoms with Crippen LogP contribution < -0.4 is 4.74 Å². The number of nitrogens with zero attached hydrogens (tertiary/aromatic N) is 2. The maximum absolute atomic E-state index is 13.9. The number of piperidine rings is 1. The van der Waals surface area contributed by atoms with Crippen LogP contribution >= 0.6 is 0 Å². The zero-order valence-electron chi connectivity index (χ0n) is 12.5. The van der Waals surface area contributed by atoms with Gasteiger partial charge in [0.1, 0.15) is 0 Å². The van der Waals surface area contributed by atoms with Gasteiger partial charge in [-0.05, 0) is 31.0 Å². The Hall–Kier alpha value is -1.93. The van der Waals surface area contributed by atoms with Gasteiger partial charge in [0.15, 0.2) is 5.82 Å². The lowest BCUT2D eigenvalue weighted by atomic mass is 9.97. The smallest absolute Gasteiger partial charge is 0.398 e. The van der Waals surface area contributed by atoms with Gasteiger partial charge in [-0.25, -0.2) is 4.39 Å². The summed E-state index contributed by atoms with van der Waals surface area (Å²) in [7, 11) is 4.44. The van der Waals surface area contributed by atoms with Gasteiger partial charge in [0.2, 0.25) is 5.75 Å². The molecule has 0 spiro atoms. The molecule has 6 nitrogen and oxygen atoms in total. The van der Waals surface area contributed by atoms with Crippen molar-refractivity contribution in [2.24, 2.45) is 0 Å². The second-order valence-corrected chi connectivity index (χ2v) is 5.03. The van der Waals surface area contributed by atoms with Crippen LogP contribution in [0.1, 0.15) is 18.4 Å². The maximum atomic E-state index is 13.9. The van der Waals surface area contributed by atoms with Crippen LogP contribution in [0, 0.1) is 15.9 Å². The summed E-state index contributed by atoms with van der Waals surface area (Å²) < 4.78 is 23.7. The third-order valence-corrected chi connectivity index (χ3v) is 3.42. The first-order valence-corrected chi connectivity index (χ1v) is 6.86. The molecule has 0 aromatic heterocycles. The van der Waals surface area contributed by atoms with Crippen molar-refractivity contribution >= 4 is 19.4 Å². The molecule has 1 aromatic carbocycles. The molecule has 117 valence electrons. The lowest BCUT2D eigenvalue weighted by Gasteiger charge is -2.26. The Morgan fingerprint density at radius 2 is 2.23 bits per heavy atom. The summed E-state index contributed by atoms with van der Waals surface area (Å²) in [6.45, 7) is 1.55. The normalized spacial score (nSPS) is 17.5. The van der Waals surface area contributed by atoms with Crippen molar-refractivity contribution in [3.05, 3.63) is 39.2 Å². The number of halogens is 1. The largest absolute Gasteiger partial charge is 0.488 e. The lowest BCUT2D eigenvalue weighted by molar-refractivity contribution is -0.386. The highest BCUT2D eigenvalue weighted by Gasteiger charge is 2.21. The quantitative estimate of drug-likeness (QED) is 0.475. The molecule has 8 heteroatoms. The molecule has 0 aliphatic carbocycles. The van der Waals surface area contributed by atoms with E-state index in [1.165, 1.54) is 19.2 Å². The predicted molar refractivity (Wildman–Crippen MR) is 81.2 cm³/mol. The third kappa shape index (κ3) is 3.83. The number of methoxy groups -OCH3 is 1. The van der Waals surface area contributed by atoms with E-state index in [1.54, 1.807) is 20.8 Å². The number of nitro groups is 1. The van der Waals surface area contributed by atoms with Gasteiger partial charge in [-0.2, -0.15) is 0 Å². The number of rotatable bonds is 5. The van der Waals surface area contributed by atoms with Gasteiger partial charge >= 0.3 is 13.3 Å². The van der Waals surface area contributed by atoms with Crippen molar-refractivity contribution in [3.63, 3.8) is 0 Å². The summed E-state index contributed by atoms with van der Waals surface area (Å²) in [4.78, 5) is 12.4. The first-order chi connectivity index (χ1) is 10.5. The number of hydrogen-bond acceptors (Lipinski definition) is 5. The van der Waals surface area contributed by atoms with Crippen molar-refractivity contribution in [2.75, 3.05) is 27.3 Å². The van der Waals surface area contributed by atoms with E-state index in [1.807, 2.05) is 4.81 Å². The molecule has 0 saturated carbocycles. The van der Waals surface area contributed by atoms with E-state index >= 15 is 0 Å². The Bertz CT molecular complexity index is 592. The van der Waals surface area contributed by atoms with Crippen molar-refractivity contribution in [3.8, 4) is 5.75 Å². The van der Waals surface area contributed by atoms with Gasteiger partial charge in [0, 0.05) is 19.7 Å². The van der Waals surface area contributed by atoms with Gasteiger partial charge < -0.3 is 14.2 Å². The van der Waals surface area contributed by atoms with Crippen molar-refractivity contribution in [2.45, 2.75) is 12.8 Å². The minimum absolute atomic E-state index is 0.342. The molecule has 1 aliphatic rings. The standard InChI is InChI=1S/C14H17BFN2O4/c1-21-14-12(16)7-11(8-13(14)18(19)20)6-10-4-3-5-17(9-10)15-22-2/h6-8H,3-5,9H2,1-2H3/b10-6+. The highest BCUT2D eigenvalue weighted by Crippen LogP contribution is 2.32. The molecule has 0 unspecified atom stereocenters. The summed E-state index contributed by atoms with van der Waals surface area (Å²) in [5, 5.41) is 11.0. The summed E-state index contributed by atoms with van der Waals surface area (Å²) in [6.07, 6.45) is 3.60. The molecule has 0 bridgehead atoms. The number of ether oxygens (including phenoxy) is 1. The Labute approximate surface area is 129 Å². The van der Waals surface area contributed by atoms with Crippen molar-refractivity contribution in [1.82, 2.24) is 4.81 Å². The highest BCUT2D eigenvalue weighted by atomic mass is 19.1. The maximum Gasteiger partial charge on any atom is 0.398 e. The topological polar surface area (TPSA) is 64.8 Å². The van der Waals surface area contributed by atoms with E-state index in [9.17, 15) is 14.5 Å². The van der Waals surface area contributed by atoms with E-state index in [-0.39, 0.29) is 11.4 Å². The molecule has 0 atom stereocenters. The molecule has 1 aliphatic heterocycles. The lowest BCUT2D eigenvalue weighted by Crippen LogP contribution is -2.35. The van der Waals surface area contributed by atoms with E-state index in [0.29, 0.717) is 12.1 Å². The second-order valence-electron chi connectivity index (χ2n) is 5.03. The fraction of sp³-hybridized carbons (Fsp3) is 0.429. The molecule has 1 radical (unpaired) electrons. The van der Waals surface area contributed by atoms with Gasteiger partial charge in [0.25, 0.3) is 0 Å². The van der Waals surface area contributed by atoms with Crippen LogP contribution in [0.5, 0.6) is 5.75 Å². The van der Waals surface area contributed by atoms with Crippen LogP contribution in [0.4, 0.5) is 10.1 Å². The van der Waals surface area contributed by atoms with Crippen LogP contribution in [0.2, 0.25) is 0 Å². The molecular weight excluding hydrogens is 290 g/mol. The van der Waals surface area contributed by atoms with Crippen LogP contribution in [0.3, 0.4) is 0 Å². The molecular formula is C14H17BFN2O4. The van der Waals surface area contributed by atoms with Crippen molar-refractivity contribution in [1.29, 1.82) is 0 Å². The van der Waals surface area contributed by atoms with E-state index in [2.05, 4.69) is 0 Å². The Balaban J connectivity index is 2.29. The Morgan fingerprint density at radius 3 is 2.86 bits per heavy atom. The third-order valence-electron chi connectivity index (χ3n) is 3.42. The van der Waals surface area contributed by atoms with Gasteiger partial charge in [-0.1, -0.05) is 11.6 Å². The first kappa shape index (κ1) is 16.4. The molecule has 0 N–H and O–H groups in total. The van der Waals surface area contributed by atoms with Gasteiger partial charge in [0.05, 0.1) is 12.0 Å². The molecule has 1 fully saturated rings. The molecule has 22 heavy (non-hydrogen) atoms. The van der Waals surface area contributed by atoms with Gasteiger partial charge in [-0.3, -0.25) is 10.1 Å². The minimum Gasteiger partial charge on any atom is -0.488 e. The number of nitro benzene ring substituents is 1. The van der Waals surface area contributed by atoms with E-state index in [4.69, 9.17) is 9.39 Å². The second kappa shape index (κ2) is 7.37. The average Bonchev–Trinajstić information content (AvgIpc) is 2.47. The number of benzene rings is 1. The van der Waals surface area contributed by atoms with Crippen molar-refractivity contribution < 1.29 is 18.7 Å². The summed E-state index contributed by atoms with van der Waals surface area (Å²) in [6, 6.07) is 2.58. The summed E-state index contributed by atoms with van der Waals surface area (Å²) in [5.41, 5.74) is 1.16. The van der Waals surface area contributed by atoms with Crippen LogP contribution in [-0.4, -0.2) is 44.7 Å². The first-order valence-electron chi connectivity index (χ1n) is 6.86. The van der Waals surface area contributed by atoms with Crippen LogP contribution in [-0.2, 0) is 4.65 Å². The average molecular weight is 307 g/mol. The SMILES string of the molecule is CO[B]N1CCC/C(=C\c2cc(F)c(OC)c([N+](=O)[O-])c2)C1. The fourth-order valence-corrected chi connectivity index (χ4v) is 2.54. The monoisotopic (exact) mass is 307 g/mol. The Morgan fingerprint density at radius 1 is 1.45 bits per heavy atom. The number of hydrogen-bond donors (Lipinski definition) is 0. The molecule has 2 rings (SSSR count). The van der Waals surface area contributed by atoms with Crippen LogP contribution in [0.25, 0.3) is 6.08 Å². The molecule has 0 amide bonds. The van der Waals surface area contributed by atoms with E-state index < -0.39 is 10.7 Å². The van der Waals surface area contributed by atoms with Crippen LogP contribution in [0.15, 0.2) is 17.7 Å². The minimum atomic E-state index is -0.736. The zero-order chi connectivity index (χ0) is 16.1. The summed E-state index contributed by atoms with van der Waals surface area (Å²) >= 11 is 0. The Kier molecular flexibility index (Phi) is 5.51. The predicted octanol–water partition coefficient (Wildman–Crippen LogP) is 2.40. The molecule has 1 saturated heterocycles. The van der Waals surface area contributed by atoms with Gasteiger partial charge in [-0.15, -0.1) is 0 Å². The van der Waals surface area contributed by atoms with E-state index in [0.717, 1.165) is 25.0 Å². The molecule has 1 aromatic rings. The highest BCUT2D eigenvalue weighted by molar-refractivity contribution is 6.23. The molecule has 1 heterocycles.